The lowest BCUT2D eigenvalue weighted by atomic mass is 9.90. The molecule has 2 aliphatic rings. The van der Waals surface area contributed by atoms with Gasteiger partial charge >= 0.3 is 0 Å². The number of amides is 1. The van der Waals surface area contributed by atoms with Gasteiger partial charge in [0.15, 0.2) is 0 Å². The molecule has 1 amide bonds. The Balaban J connectivity index is 0.00000225. The Morgan fingerprint density at radius 3 is 2.27 bits per heavy atom. The van der Waals surface area contributed by atoms with Gasteiger partial charge in [0.05, 0.1) is 22.4 Å². The molecule has 0 spiro atoms. The Morgan fingerprint density at radius 2 is 1.67 bits per heavy atom. The van der Waals surface area contributed by atoms with E-state index in [9.17, 15) is 13.2 Å². The van der Waals surface area contributed by atoms with Crippen LogP contribution in [0.15, 0.2) is 29.2 Å². The van der Waals surface area contributed by atoms with Gasteiger partial charge in [0.2, 0.25) is 15.9 Å². The van der Waals surface area contributed by atoms with Crippen LogP contribution in [0.4, 0.5) is 0 Å². The summed E-state index contributed by atoms with van der Waals surface area (Å²) in [6.45, 7) is 1.39. The maximum absolute atomic E-state index is 12.8. The number of hydrogen-bond acceptors (Lipinski definition) is 4. The van der Waals surface area contributed by atoms with E-state index < -0.39 is 10.0 Å². The zero-order valence-corrected chi connectivity index (χ0v) is 18.4. The topological polar surface area (TPSA) is 90.3 Å². The van der Waals surface area contributed by atoms with Crippen LogP contribution in [0.3, 0.4) is 0 Å². The third-order valence-electron chi connectivity index (χ3n) is 5.70. The Morgan fingerprint density at radius 1 is 1.07 bits per heavy atom. The molecular formula is C23H32N3O3S. The highest BCUT2D eigenvalue weighted by Gasteiger charge is 2.33. The molecule has 1 aromatic rings. The third kappa shape index (κ3) is 6.55. The molecule has 2 fully saturated rings. The normalized spacial score (nSPS) is 20.7. The van der Waals surface area contributed by atoms with Crippen LogP contribution in [-0.4, -0.2) is 38.3 Å². The predicted octanol–water partition coefficient (Wildman–Crippen LogP) is 3.66. The van der Waals surface area contributed by atoms with Crippen LogP contribution in [0, 0.1) is 38.0 Å². The SMILES string of the molecule is N#Cc1ccc(S(=O)(=O)N2CCC(CNC(=O)[C]3CCCCCCC3)C2)cc1.[CH2].[CH2]. The van der Waals surface area contributed by atoms with E-state index in [0.29, 0.717) is 25.2 Å². The minimum Gasteiger partial charge on any atom is -0.355 e. The van der Waals surface area contributed by atoms with Crippen molar-refractivity contribution in [3.05, 3.63) is 50.6 Å². The van der Waals surface area contributed by atoms with Crippen LogP contribution in [0.5, 0.6) is 0 Å². The molecule has 1 aromatic carbocycles. The summed E-state index contributed by atoms with van der Waals surface area (Å²) < 4.78 is 27.1. The molecule has 6 nitrogen and oxygen atoms in total. The summed E-state index contributed by atoms with van der Waals surface area (Å²) in [5, 5.41) is 11.9. The summed E-state index contributed by atoms with van der Waals surface area (Å²) in [6.07, 6.45) is 8.34. The summed E-state index contributed by atoms with van der Waals surface area (Å²) in [5.74, 6) is 1.18. The first kappa shape index (κ1) is 26.1. The molecule has 1 saturated heterocycles. The van der Waals surface area contributed by atoms with Gasteiger partial charge in [0, 0.05) is 19.6 Å². The number of benzene rings is 1. The first-order valence-corrected chi connectivity index (χ1v) is 11.6. The van der Waals surface area contributed by atoms with Crippen molar-refractivity contribution in [1.29, 1.82) is 5.26 Å². The van der Waals surface area contributed by atoms with Gasteiger partial charge < -0.3 is 5.32 Å². The van der Waals surface area contributed by atoms with Gasteiger partial charge in [0.1, 0.15) is 0 Å². The second-order valence-corrected chi connectivity index (χ2v) is 9.67. The molecule has 163 valence electrons. The van der Waals surface area contributed by atoms with E-state index >= 15 is 0 Å². The number of hydrogen-bond donors (Lipinski definition) is 1. The zero-order valence-electron chi connectivity index (χ0n) is 17.6. The second-order valence-electron chi connectivity index (χ2n) is 7.74. The number of nitrogens with one attached hydrogen (secondary N) is 1. The molecule has 1 aliphatic carbocycles. The van der Waals surface area contributed by atoms with E-state index in [-0.39, 0.29) is 31.6 Å². The van der Waals surface area contributed by atoms with Crippen molar-refractivity contribution >= 4 is 15.9 Å². The minimum absolute atomic E-state index is 0. The molecule has 5 radical (unpaired) electrons. The van der Waals surface area contributed by atoms with Crippen LogP contribution >= 0.6 is 0 Å². The molecule has 1 aliphatic heterocycles. The van der Waals surface area contributed by atoms with Gasteiger partial charge in [-0.25, -0.2) is 8.42 Å². The lowest BCUT2D eigenvalue weighted by Gasteiger charge is -2.20. The van der Waals surface area contributed by atoms with Gasteiger partial charge in [-0.15, -0.1) is 0 Å². The highest BCUT2D eigenvalue weighted by atomic mass is 32.2. The highest BCUT2D eigenvalue weighted by molar-refractivity contribution is 7.89. The Hall–Kier alpha value is -1.91. The van der Waals surface area contributed by atoms with Crippen molar-refractivity contribution in [1.82, 2.24) is 9.62 Å². The first-order valence-electron chi connectivity index (χ1n) is 10.1. The van der Waals surface area contributed by atoms with Crippen molar-refractivity contribution in [2.24, 2.45) is 5.92 Å². The molecule has 1 saturated carbocycles. The van der Waals surface area contributed by atoms with Crippen LogP contribution in [0.25, 0.3) is 0 Å². The maximum Gasteiger partial charge on any atom is 0.243 e. The van der Waals surface area contributed by atoms with Gasteiger partial charge in [-0.3, -0.25) is 4.79 Å². The number of nitrogens with zero attached hydrogens (tertiary/aromatic N) is 2. The molecule has 0 bridgehead atoms. The smallest absolute Gasteiger partial charge is 0.243 e. The molecule has 1 N–H and O–H groups in total. The third-order valence-corrected chi connectivity index (χ3v) is 7.58. The molecular weight excluding hydrogens is 398 g/mol. The fourth-order valence-electron chi connectivity index (χ4n) is 3.95. The van der Waals surface area contributed by atoms with Gasteiger partial charge in [0.25, 0.3) is 0 Å². The van der Waals surface area contributed by atoms with E-state index in [4.69, 9.17) is 5.26 Å². The molecule has 7 heteroatoms. The quantitative estimate of drug-likeness (QED) is 0.772. The Kier molecular flexibility index (Phi) is 10.5. The molecule has 30 heavy (non-hydrogen) atoms. The van der Waals surface area contributed by atoms with E-state index in [2.05, 4.69) is 5.32 Å². The number of rotatable bonds is 5. The minimum atomic E-state index is -3.56. The predicted molar refractivity (Wildman–Crippen MR) is 117 cm³/mol. The van der Waals surface area contributed by atoms with Gasteiger partial charge in [-0.05, 0) is 49.4 Å². The van der Waals surface area contributed by atoms with E-state index in [1.807, 2.05) is 6.07 Å². The number of nitriles is 1. The molecule has 0 aromatic heterocycles. The highest BCUT2D eigenvalue weighted by Crippen LogP contribution is 2.26. The fourth-order valence-corrected chi connectivity index (χ4v) is 5.48. The zero-order chi connectivity index (χ0) is 20.0. The second kappa shape index (κ2) is 12.1. The summed E-state index contributed by atoms with van der Waals surface area (Å²) in [5.41, 5.74) is 0.438. The molecule has 3 rings (SSSR count). The van der Waals surface area contributed by atoms with Crippen molar-refractivity contribution in [2.45, 2.75) is 56.3 Å². The van der Waals surface area contributed by atoms with E-state index in [1.54, 1.807) is 0 Å². The van der Waals surface area contributed by atoms with Gasteiger partial charge in [-0.2, -0.15) is 9.57 Å². The summed E-state index contributed by atoms with van der Waals surface area (Å²) in [7, 11) is -3.56. The fraction of sp³-hybridized carbons (Fsp3) is 0.522. The lowest BCUT2D eigenvalue weighted by Crippen LogP contribution is -2.35. The van der Waals surface area contributed by atoms with Crippen LogP contribution < -0.4 is 5.32 Å². The summed E-state index contributed by atoms with van der Waals surface area (Å²) in [6, 6.07) is 8.00. The average molecular weight is 431 g/mol. The van der Waals surface area contributed by atoms with Crippen LogP contribution in [0.2, 0.25) is 0 Å². The summed E-state index contributed by atoms with van der Waals surface area (Å²) in [4.78, 5) is 12.7. The Labute approximate surface area is 182 Å². The van der Waals surface area contributed by atoms with Crippen molar-refractivity contribution in [2.75, 3.05) is 19.6 Å². The monoisotopic (exact) mass is 430 g/mol. The van der Waals surface area contributed by atoms with E-state index in [0.717, 1.165) is 38.0 Å². The van der Waals surface area contributed by atoms with E-state index in [1.165, 1.54) is 47.8 Å². The van der Waals surface area contributed by atoms with Crippen molar-refractivity contribution in [3.63, 3.8) is 0 Å². The van der Waals surface area contributed by atoms with Crippen molar-refractivity contribution < 1.29 is 13.2 Å². The standard InChI is InChI=1S/C21H28N3O3S.2CH2/c22-14-17-8-10-20(11-9-17)28(26,27)24-13-12-18(16-24)15-23-21(25)19-6-4-2-1-3-5-7-19;;/h8-11,18H,1-7,12-13,15-16H2,(H,23,25);2*1H2. The van der Waals surface area contributed by atoms with Crippen molar-refractivity contribution in [3.8, 4) is 6.07 Å². The number of carbonyl (C=O) groups is 1. The largest absolute Gasteiger partial charge is 0.355 e. The van der Waals surface area contributed by atoms with Gasteiger partial charge in [-0.1, -0.05) is 47.0 Å². The van der Waals surface area contributed by atoms with Crippen LogP contribution in [0.1, 0.15) is 56.9 Å². The maximum atomic E-state index is 12.8. The molecule has 1 atom stereocenters. The molecule has 1 unspecified atom stereocenters. The molecule has 1 heterocycles. The summed E-state index contributed by atoms with van der Waals surface area (Å²) >= 11 is 0. The average Bonchev–Trinajstić information content (AvgIpc) is 3.16. The Bertz CT molecular complexity index is 807. The number of sulfonamides is 1. The first-order chi connectivity index (χ1) is 13.5. The number of carbonyl (C=O) groups excluding carboxylic acids is 1. The lowest BCUT2D eigenvalue weighted by molar-refractivity contribution is -0.120. The van der Waals surface area contributed by atoms with Crippen LogP contribution in [-0.2, 0) is 14.8 Å².